The minimum absolute atomic E-state index is 0. The van der Waals surface area contributed by atoms with Crippen molar-refractivity contribution in [3.8, 4) is 0 Å². The molecule has 0 amide bonds. The van der Waals surface area contributed by atoms with Gasteiger partial charge in [-0.15, -0.1) is 0 Å². The average Bonchev–Trinajstić information content (AvgIpc) is 3.05. The molecular weight excluding hydrogens is 556 g/mol. The molecule has 0 atom stereocenters. The Morgan fingerprint density at radius 2 is 0.304 bits per heavy atom. The highest BCUT2D eigenvalue weighted by atomic mass is 16.2. The van der Waals surface area contributed by atoms with E-state index in [1.165, 1.54) is 263 Å². The fourth-order valence-corrected chi connectivity index (χ4v) is 7.26. The van der Waals surface area contributed by atoms with Crippen LogP contribution in [0.4, 0.5) is 0 Å². The molecule has 0 heterocycles. The molecule has 46 heavy (non-hydrogen) atoms. The highest BCUT2D eigenvalue weighted by Crippen LogP contribution is 2.18. The van der Waals surface area contributed by atoms with Gasteiger partial charge in [0.2, 0.25) is 0 Å². The van der Waals surface area contributed by atoms with Crippen LogP contribution in [0.1, 0.15) is 284 Å². The molecule has 0 aromatic rings. The predicted molar refractivity (Wildman–Crippen MR) is 213 cm³/mol. The quantitative estimate of drug-likeness (QED) is 0.0652. The summed E-state index contributed by atoms with van der Waals surface area (Å²) in [6.07, 6.45) is 61.0. The van der Waals surface area contributed by atoms with Crippen LogP contribution < -0.4 is 0 Å². The van der Waals surface area contributed by atoms with E-state index in [9.17, 15) is 0 Å². The van der Waals surface area contributed by atoms with Gasteiger partial charge in [0.1, 0.15) is 0 Å². The fraction of sp³-hybridized carbons (Fsp3) is 1.00. The summed E-state index contributed by atoms with van der Waals surface area (Å²) < 4.78 is 0. The molecule has 0 radical (unpaired) electrons. The zero-order valence-corrected chi connectivity index (χ0v) is 31.9. The van der Waals surface area contributed by atoms with Crippen molar-refractivity contribution in [2.75, 3.05) is 6.61 Å². The van der Waals surface area contributed by atoms with E-state index in [2.05, 4.69) is 6.92 Å². The molecule has 1 N–H and O–H groups in total. The van der Waals surface area contributed by atoms with Crippen molar-refractivity contribution < 1.29 is 5.11 Å². The Labute approximate surface area is 295 Å². The molecule has 0 spiro atoms. The summed E-state index contributed by atoms with van der Waals surface area (Å²) >= 11 is 0. The molecule has 0 rings (SSSR count). The van der Waals surface area contributed by atoms with Gasteiger partial charge in [-0.05, 0) is 6.42 Å². The minimum Gasteiger partial charge on any atom is -0.396 e. The summed E-state index contributed by atoms with van der Waals surface area (Å²) in [7, 11) is 0. The van der Waals surface area contributed by atoms with E-state index in [4.69, 9.17) is 5.11 Å². The number of rotatable bonds is 42. The largest absolute Gasteiger partial charge is 0.396 e. The van der Waals surface area contributed by atoms with Crippen LogP contribution in [0.3, 0.4) is 0 Å². The zero-order chi connectivity index (χ0) is 32.4. The van der Waals surface area contributed by atoms with Crippen LogP contribution in [-0.4, -0.2) is 11.7 Å². The van der Waals surface area contributed by atoms with Gasteiger partial charge in [0.15, 0.2) is 0 Å². The zero-order valence-electron chi connectivity index (χ0n) is 31.9. The predicted octanol–water partition coefficient (Wildman–Crippen LogP) is 17.0. The SMILES string of the molecule is C.CCCCCCCCCCCCCCCCCCCCCCCCCCCCCCCCCCCCCCCCCCCCO. The van der Waals surface area contributed by atoms with Crippen LogP contribution in [0.5, 0.6) is 0 Å². The first kappa shape index (κ1) is 48.1. The maximum Gasteiger partial charge on any atom is 0.0431 e. The molecule has 0 bridgehead atoms. The Balaban J connectivity index is 0. The molecule has 1 heteroatoms. The number of aliphatic hydroxyl groups is 1. The van der Waals surface area contributed by atoms with Gasteiger partial charge in [-0.3, -0.25) is 0 Å². The summed E-state index contributed by atoms with van der Waals surface area (Å²) in [5.41, 5.74) is 0. The first-order valence-corrected chi connectivity index (χ1v) is 22.0. The van der Waals surface area contributed by atoms with Gasteiger partial charge in [0.05, 0.1) is 0 Å². The van der Waals surface area contributed by atoms with Crippen LogP contribution in [0.15, 0.2) is 0 Å². The van der Waals surface area contributed by atoms with Gasteiger partial charge in [-0.2, -0.15) is 0 Å². The van der Waals surface area contributed by atoms with E-state index < -0.39 is 0 Å². The molecule has 0 saturated heterocycles. The second-order valence-corrected chi connectivity index (χ2v) is 15.2. The maximum atomic E-state index is 8.80. The van der Waals surface area contributed by atoms with E-state index in [1.54, 1.807) is 0 Å². The minimum atomic E-state index is 0. The summed E-state index contributed by atoms with van der Waals surface area (Å²) in [4.78, 5) is 0. The second-order valence-electron chi connectivity index (χ2n) is 15.2. The van der Waals surface area contributed by atoms with Crippen LogP contribution in [0.2, 0.25) is 0 Å². The Morgan fingerprint density at radius 3 is 0.413 bits per heavy atom. The van der Waals surface area contributed by atoms with Crippen molar-refractivity contribution in [1.29, 1.82) is 0 Å². The third-order valence-corrected chi connectivity index (χ3v) is 10.5. The van der Waals surface area contributed by atoms with Crippen molar-refractivity contribution in [3.63, 3.8) is 0 Å². The highest BCUT2D eigenvalue weighted by molar-refractivity contribution is 4.54. The Bertz CT molecular complexity index is 432. The topological polar surface area (TPSA) is 20.2 Å². The first-order valence-electron chi connectivity index (χ1n) is 22.0. The third kappa shape index (κ3) is 46.1. The van der Waals surface area contributed by atoms with E-state index in [0.29, 0.717) is 6.61 Å². The Kier molecular flexibility index (Phi) is 49.2. The normalized spacial score (nSPS) is 11.3. The van der Waals surface area contributed by atoms with Crippen molar-refractivity contribution >= 4 is 0 Å². The number of unbranched alkanes of at least 4 members (excludes halogenated alkanes) is 41. The molecular formula is C45H94O. The molecule has 0 aliphatic carbocycles. The van der Waals surface area contributed by atoms with Crippen molar-refractivity contribution in [3.05, 3.63) is 0 Å². The van der Waals surface area contributed by atoms with Gasteiger partial charge in [-0.25, -0.2) is 0 Å². The Morgan fingerprint density at radius 1 is 0.196 bits per heavy atom. The summed E-state index contributed by atoms with van der Waals surface area (Å²) in [5.74, 6) is 0. The smallest absolute Gasteiger partial charge is 0.0431 e. The van der Waals surface area contributed by atoms with Crippen LogP contribution in [0.25, 0.3) is 0 Å². The molecule has 0 aromatic heterocycles. The maximum absolute atomic E-state index is 8.80. The molecule has 1 nitrogen and oxygen atoms in total. The van der Waals surface area contributed by atoms with E-state index in [-0.39, 0.29) is 7.43 Å². The number of hydrogen-bond donors (Lipinski definition) is 1. The lowest BCUT2D eigenvalue weighted by atomic mass is 10.0. The lowest BCUT2D eigenvalue weighted by Crippen LogP contribution is -1.85. The van der Waals surface area contributed by atoms with Crippen molar-refractivity contribution in [1.82, 2.24) is 0 Å². The molecule has 0 aromatic carbocycles. The van der Waals surface area contributed by atoms with Crippen molar-refractivity contribution in [2.24, 2.45) is 0 Å². The lowest BCUT2D eigenvalue weighted by molar-refractivity contribution is 0.282. The van der Waals surface area contributed by atoms with Crippen LogP contribution >= 0.6 is 0 Å². The summed E-state index contributed by atoms with van der Waals surface area (Å²) in [6.45, 7) is 2.68. The molecule has 280 valence electrons. The van der Waals surface area contributed by atoms with Crippen LogP contribution in [-0.2, 0) is 0 Å². The molecule has 0 fully saturated rings. The highest BCUT2D eigenvalue weighted by Gasteiger charge is 1.98. The van der Waals surface area contributed by atoms with E-state index >= 15 is 0 Å². The fourth-order valence-electron chi connectivity index (χ4n) is 7.26. The number of aliphatic hydroxyl groups excluding tert-OH is 1. The van der Waals surface area contributed by atoms with Gasteiger partial charge >= 0.3 is 0 Å². The van der Waals surface area contributed by atoms with E-state index in [1.807, 2.05) is 0 Å². The monoisotopic (exact) mass is 651 g/mol. The summed E-state index contributed by atoms with van der Waals surface area (Å²) in [5, 5.41) is 8.80. The lowest BCUT2D eigenvalue weighted by Gasteiger charge is -2.05. The van der Waals surface area contributed by atoms with Crippen molar-refractivity contribution in [2.45, 2.75) is 284 Å². The van der Waals surface area contributed by atoms with Gasteiger partial charge in [-0.1, -0.05) is 278 Å². The number of hydrogen-bond acceptors (Lipinski definition) is 1. The molecule has 0 saturated carbocycles. The standard InChI is InChI=1S/C44H90O.CH4/c1-2-3-4-5-6-7-8-9-10-11-12-13-14-15-16-17-18-19-20-21-22-23-24-25-26-27-28-29-30-31-32-33-34-35-36-37-38-39-40-41-42-43-44-45;/h45H,2-44H2,1H3;1H4. The van der Waals surface area contributed by atoms with Crippen LogP contribution in [0, 0.1) is 0 Å². The molecule has 0 aliphatic heterocycles. The average molecular weight is 651 g/mol. The van der Waals surface area contributed by atoms with Gasteiger partial charge in [0.25, 0.3) is 0 Å². The summed E-state index contributed by atoms with van der Waals surface area (Å²) in [6, 6.07) is 0. The Hall–Kier alpha value is -0.0400. The van der Waals surface area contributed by atoms with Gasteiger partial charge < -0.3 is 5.11 Å². The van der Waals surface area contributed by atoms with Gasteiger partial charge in [0, 0.05) is 6.61 Å². The second kappa shape index (κ2) is 47.1. The van der Waals surface area contributed by atoms with E-state index in [0.717, 1.165) is 6.42 Å². The third-order valence-electron chi connectivity index (χ3n) is 10.5. The molecule has 0 aliphatic rings. The first-order chi connectivity index (χ1) is 22.4. The molecule has 0 unspecified atom stereocenters.